The first-order valence-corrected chi connectivity index (χ1v) is 14.6. The summed E-state index contributed by atoms with van der Waals surface area (Å²) in [7, 11) is 0. The summed E-state index contributed by atoms with van der Waals surface area (Å²) in [4.78, 5) is 46.1. The highest BCUT2D eigenvalue weighted by Gasteiger charge is 2.19. The molecule has 14 nitrogen and oxygen atoms in total. The second kappa shape index (κ2) is 12.9. The molecule has 0 aliphatic carbocycles. The number of imidazole rings is 2. The fourth-order valence-corrected chi connectivity index (χ4v) is 5.07. The molecule has 3 aromatic heterocycles. The van der Waals surface area contributed by atoms with Gasteiger partial charge in [0.2, 0.25) is 23.7 Å². The SMILES string of the molecule is CCCCOc1cc(C(N)=O)cc2nc(N)n(C/C=C/Cn3c(NC(=O)c4cc(C)nn4CC)nc4cc(C(N)=O)ccc43)c12. The summed E-state index contributed by atoms with van der Waals surface area (Å²) in [5.41, 5.74) is 21.4. The third-order valence-corrected chi connectivity index (χ3v) is 7.31. The van der Waals surface area contributed by atoms with Gasteiger partial charge in [0, 0.05) is 30.8 Å². The highest BCUT2D eigenvalue weighted by atomic mass is 16.5. The van der Waals surface area contributed by atoms with Crippen LogP contribution in [-0.4, -0.2) is 53.2 Å². The quantitative estimate of drug-likeness (QED) is 0.114. The zero-order chi connectivity index (χ0) is 32.2. The Bertz CT molecular complexity index is 1950. The van der Waals surface area contributed by atoms with E-state index >= 15 is 0 Å². The van der Waals surface area contributed by atoms with E-state index in [0.29, 0.717) is 71.3 Å². The van der Waals surface area contributed by atoms with Crippen LogP contribution in [0.3, 0.4) is 0 Å². The topological polar surface area (TPSA) is 204 Å². The summed E-state index contributed by atoms with van der Waals surface area (Å²) < 4.78 is 11.2. The number of nitrogens with one attached hydrogen (secondary N) is 1. The number of carbonyl (C=O) groups is 3. The van der Waals surface area contributed by atoms with Crippen LogP contribution in [0.2, 0.25) is 0 Å². The van der Waals surface area contributed by atoms with Crippen LogP contribution >= 0.6 is 0 Å². The van der Waals surface area contributed by atoms with Gasteiger partial charge >= 0.3 is 0 Å². The minimum absolute atomic E-state index is 0.249. The number of aromatic nitrogens is 6. The predicted molar refractivity (Wildman–Crippen MR) is 171 cm³/mol. The maximum absolute atomic E-state index is 13.3. The fourth-order valence-electron chi connectivity index (χ4n) is 5.07. The number of anilines is 2. The van der Waals surface area contributed by atoms with Crippen molar-refractivity contribution in [2.24, 2.45) is 11.5 Å². The van der Waals surface area contributed by atoms with Crippen molar-refractivity contribution in [2.75, 3.05) is 17.7 Å². The van der Waals surface area contributed by atoms with Gasteiger partial charge in [-0.2, -0.15) is 5.10 Å². The average Bonchev–Trinajstić information content (AvgIpc) is 3.66. The third kappa shape index (κ3) is 6.34. The van der Waals surface area contributed by atoms with Crippen LogP contribution in [0.5, 0.6) is 5.75 Å². The maximum atomic E-state index is 13.3. The molecule has 0 saturated heterocycles. The molecule has 234 valence electrons. The molecular formula is C31H36N10O4. The second-order valence-corrected chi connectivity index (χ2v) is 10.5. The molecule has 0 radical (unpaired) electrons. The average molecular weight is 613 g/mol. The van der Waals surface area contributed by atoms with Gasteiger partial charge < -0.3 is 31.1 Å². The van der Waals surface area contributed by atoms with E-state index in [1.807, 2.05) is 30.6 Å². The number of hydrogen-bond acceptors (Lipinski definition) is 8. The van der Waals surface area contributed by atoms with Gasteiger partial charge in [-0.3, -0.25) is 24.4 Å². The zero-order valence-electron chi connectivity index (χ0n) is 25.4. The number of nitrogen functional groups attached to an aromatic ring is 1. The Morgan fingerprint density at radius 3 is 2.33 bits per heavy atom. The monoisotopic (exact) mass is 612 g/mol. The molecule has 5 rings (SSSR count). The molecule has 45 heavy (non-hydrogen) atoms. The highest BCUT2D eigenvalue weighted by molar-refractivity contribution is 6.03. The lowest BCUT2D eigenvalue weighted by atomic mass is 10.1. The molecule has 0 unspecified atom stereocenters. The number of unbranched alkanes of at least 4 members (excludes halogenated alkanes) is 1. The van der Waals surface area contributed by atoms with Crippen LogP contribution in [0.1, 0.15) is 63.6 Å². The van der Waals surface area contributed by atoms with Gasteiger partial charge in [-0.1, -0.05) is 25.5 Å². The zero-order valence-corrected chi connectivity index (χ0v) is 25.4. The first kappa shape index (κ1) is 30.8. The van der Waals surface area contributed by atoms with Crippen molar-refractivity contribution in [3.63, 3.8) is 0 Å². The smallest absolute Gasteiger partial charge is 0.276 e. The molecule has 0 bridgehead atoms. The number of rotatable bonds is 13. The number of benzene rings is 2. The van der Waals surface area contributed by atoms with Crippen molar-refractivity contribution in [1.29, 1.82) is 0 Å². The van der Waals surface area contributed by atoms with Crippen molar-refractivity contribution >= 4 is 51.7 Å². The normalized spacial score (nSPS) is 11.5. The molecule has 14 heteroatoms. The van der Waals surface area contributed by atoms with Gasteiger partial charge in [0.15, 0.2) is 0 Å². The predicted octanol–water partition coefficient (Wildman–Crippen LogP) is 3.38. The summed E-state index contributed by atoms with van der Waals surface area (Å²) >= 11 is 0. The van der Waals surface area contributed by atoms with E-state index in [2.05, 4.69) is 27.3 Å². The van der Waals surface area contributed by atoms with E-state index in [4.69, 9.17) is 21.9 Å². The molecule has 0 spiro atoms. The number of nitrogens with zero attached hydrogens (tertiary/aromatic N) is 6. The Labute approximate surface area is 258 Å². The number of primary amides is 2. The van der Waals surface area contributed by atoms with Crippen molar-refractivity contribution in [3.05, 3.63) is 71.1 Å². The summed E-state index contributed by atoms with van der Waals surface area (Å²) in [6, 6.07) is 9.87. The lowest BCUT2D eigenvalue weighted by molar-refractivity contribution is 0.0992. The molecule has 0 aliphatic rings. The van der Waals surface area contributed by atoms with Gasteiger partial charge in [-0.05, 0) is 56.7 Å². The molecule has 0 atom stereocenters. The highest BCUT2D eigenvalue weighted by Crippen LogP contribution is 2.30. The Morgan fingerprint density at radius 2 is 1.64 bits per heavy atom. The number of ether oxygens (including phenoxy) is 1. The van der Waals surface area contributed by atoms with E-state index in [1.165, 1.54) is 0 Å². The number of nitrogens with two attached hydrogens (primary N) is 3. The van der Waals surface area contributed by atoms with E-state index < -0.39 is 11.8 Å². The number of allylic oxidation sites excluding steroid dienone is 2. The van der Waals surface area contributed by atoms with Crippen LogP contribution in [-0.2, 0) is 19.6 Å². The van der Waals surface area contributed by atoms with Crippen molar-refractivity contribution in [2.45, 2.75) is 53.2 Å². The third-order valence-electron chi connectivity index (χ3n) is 7.31. The molecule has 0 saturated carbocycles. The van der Waals surface area contributed by atoms with E-state index in [1.54, 1.807) is 45.6 Å². The van der Waals surface area contributed by atoms with Crippen molar-refractivity contribution in [1.82, 2.24) is 28.9 Å². The summed E-state index contributed by atoms with van der Waals surface area (Å²) in [6.45, 7) is 7.45. The van der Waals surface area contributed by atoms with Crippen LogP contribution in [0.4, 0.5) is 11.9 Å². The summed E-state index contributed by atoms with van der Waals surface area (Å²) in [5.74, 6) is -0.509. The fraction of sp³-hybridized carbons (Fsp3) is 0.290. The van der Waals surface area contributed by atoms with Crippen molar-refractivity contribution < 1.29 is 19.1 Å². The Kier molecular flexibility index (Phi) is 8.83. The van der Waals surface area contributed by atoms with Crippen molar-refractivity contribution in [3.8, 4) is 5.75 Å². The number of hydrogen-bond donors (Lipinski definition) is 4. The lowest BCUT2D eigenvalue weighted by Crippen LogP contribution is -2.19. The van der Waals surface area contributed by atoms with Crippen LogP contribution in [0.25, 0.3) is 22.1 Å². The Balaban J connectivity index is 1.45. The molecule has 0 fully saturated rings. The van der Waals surface area contributed by atoms with Gasteiger partial charge in [0.05, 0.1) is 28.9 Å². The molecule has 3 amide bonds. The second-order valence-electron chi connectivity index (χ2n) is 10.5. The van der Waals surface area contributed by atoms with Gasteiger partial charge in [-0.25, -0.2) is 9.97 Å². The van der Waals surface area contributed by atoms with Crippen LogP contribution in [0, 0.1) is 6.92 Å². The summed E-state index contributed by atoms with van der Waals surface area (Å²) in [6.07, 6.45) is 5.59. The van der Waals surface area contributed by atoms with E-state index in [0.717, 1.165) is 18.5 Å². The molecule has 5 aromatic rings. The molecule has 3 heterocycles. The minimum atomic E-state index is -0.585. The minimum Gasteiger partial charge on any atom is -0.491 e. The van der Waals surface area contributed by atoms with E-state index in [9.17, 15) is 14.4 Å². The maximum Gasteiger partial charge on any atom is 0.276 e. The largest absolute Gasteiger partial charge is 0.491 e. The Hall–Kier alpha value is -5.66. The first-order chi connectivity index (χ1) is 21.6. The molecule has 0 aliphatic heterocycles. The summed E-state index contributed by atoms with van der Waals surface area (Å²) in [5, 5.41) is 7.26. The lowest BCUT2D eigenvalue weighted by Gasteiger charge is -2.11. The van der Waals surface area contributed by atoms with Gasteiger partial charge in [-0.15, -0.1) is 0 Å². The first-order valence-electron chi connectivity index (χ1n) is 14.6. The number of aryl methyl sites for hydroxylation is 2. The number of fused-ring (bicyclic) bond motifs is 2. The molecule has 2 aromatic carbocycles. The molecular weight excluding hydrogens is 576 g/mol. The number of amides is 3. The van der Waals surface area contributed by atoms with E-state index in [-0.39, 0.29) is 17.4 Å². The van der Waals surface area contributed by atoms with Gasteiger partial charge in [0.25, 0.3) is 5.91 Å². The number of carbonyl (C=O) groups excluding carboxylic acids is 3. The van der Waals surface area contributed by atoms with Crippen LogP contribution in [0.15, 0.2) is 48.6 Å². The van der Waals surface area contributed by atoms with Crippen LogP contribution < -0.4 is 27.3 Å². The van der Waals surface area contributed by atoms with Gasteiger partial charge in [0.1, 0.15) is 17.0 Å². The standard InChI is InChI=1S/C31H36N10O4/c1-4-6-13-45-25-17-20(28(33)43)16-22-26(25)40(30(34)35-22)12-8-7-11-39-23-10-9-19(27(32)42)15-21(23)36-31(39)37-29(44)24-14-18(3)38-41(24)5-2/h7-10,14-17H,4-6,11-13H2,1-3H3,(H2,32,42)(H2,33,43)(H2,34,35)(H,36,37,44)/b8-7+. The Morgan fingerprint density at radius 1 is 0.933 bits per heavy atom. The molecule has 7 N–H and O–H groups in total.